The summed E-state index contributed by atoms with van der Waals surface area (Å²) in [5.74, 6) is -0.0952. The topological polar surface area (TPSA) is 53.7 Å². The van der Waals surface area contributed by atoms with Gasteiger partial charge in [-0.25, -0.2) is 0 Å². The molecule has 1 atom stereocenters. The van der Waals surface area contributed by atoms with Crippen LogP contribution in [-0.4, -0.2) is 35.1 Å². The van der Waals surface area contributed by atoms with E-state index in [4.69, 9.17) is 4.42 Å². The number of β-amino-alcohol motifs (C(OH)–C–C–N with tert-alkyl or cyclic N) is 1. The number of nitrogens with zero attached hydrogens (tertiary/aromatic N) is 1. The molecule has 1 amide bonds. The van der Waals surface area contributed by atoms with Gasteiger partial charge in [0.15, 0.2) is 4.67 Å². The predicted molar refractivity (Wildman–Crippen MR) is 52.9 cm³/mol. The van der Waals surface area contributed by atoms with E-state index in [1.54, 1.807) is 11.0 Å². The Balaban J connectivity index is 2.13. The Labute approximate surface area is 89.6 Å². The van der Waals surface area contributed by atoms with Gasteiger partial charge >= 0.3 is 0 Å². The molecule has 4 nitrogen and oxygen atoms in total. The smallest absolute Gasteiger partial charge is 0.258 e. The second kappa shape index (κ2) is 3.74. The van der Waals surface area contributed by atoms with Crippen LogP contribution < -0.4 is 0 Å². The average Bonchev–Trinajstić information content (AvgIpc) is 2.73. The number of aliphatic hydroxyl groups is 1. The molecule has 0 radical (unpaired) electrons. The molecule has 0 saturated carbocycles. The first-order chi connectivity index (χ1) is 6.68. The molecule has 1 N–H and O–H groups in total. The van der Waals surface area contributed by atoms with Gasteiger partial charge < -0.3 is 14.4 Å². The van der Waals surface area contributed by atoms with Crippen molar-refractivity contribution in [3.8, 4) is 0 Å². The van der Waals surface area contributed by atoms with E-state index < -0.39 is 0 Å². The zero-order valence-corrected chi connectivity index (χ0v) is 9.03. The molecule has 2 rings (SSSR count). The molecule has 76 valence electrons. The van der Waals surface area contributed by atoms with E-state index in [1.807, 2.05) is 0 Å². The van der Waals surface area contributed by atoms with Crippen LogP contribution in [0.1, 0.15) is 16.8 Å². The minimum absolute atomic E-state index is 0.0952. The summed E-state index contributed by atoms with van der Waals surface area (Å²) in [5, 5.41) is 9.29. The lowest BCUT2D eigenvalue weighted by Crippen LogP contribution is -2.29. The molecule has 14 heavy (non-hydrogen) atoms. The van der Waals surface area contributed by atoms with E-state index in [1.165, 1.54) is 6.26 Å². The highest BCUT2D eigenvalue weighted by atomic mass is 79.9. The summed E-state index contributed by atoms with van der Waals surface area (Å²) in [5.41, 5.74) is 0.513. The molecular weight excluding hydrogens is 250 g/mol. The Hall–Kier alpha value is -0.810. The van der Waals surface area contributed by atoms with E-state index in [0.717, 1.165) is 0 Å². The molecule has 2 heterocycles. The molecule has 0 bridgehead atoms. The standard InChI is InChI=1S/C9H10BrNO3/c10-8-7(2-4-14-8)9(13)11-3-1-6(12)5-11/h2,4,6,12H,1,3,5H2/t6-/m0/s1. The highest BCUT2D eigenvalue weighted by Gasteiger charge is 2.27. The maximum Gasteiger partial charge on any atom is 0.258 e. The summed E-state index contributed by atoms with van der Waals surface area (Å²) in [7, 11) is 0. The summed E-state index contributed by atoms with van der Waals surface area (Å²) in [6.07, 6.45) is 1.73. The molecule has 0 unspecified atom stereocenters. The Morgan fingerprint density at radius 2 is 2.50 bits per heavy atom. The first-order valence-electron chi connectivity index (χ1n) is 4.39. The van der Waals surface area contributed by atoms with Gasteiger partial charge in [0.1, 0.15) is 0 Å². The van der Waals surface area contributed by atoms with Crippen LogP contribution >= 0.6 is 15.9 Å². The van der Waals surface area contributed by atoms with E-state index in [9.17, 15) is 9.90 Å². The van der Waals surface area contributed by atoms with Crippen LogP contribution in [0.5, 0.6) is 0 Å². The highest BCUT2D eigenvalue weighted by Crippen LogP contribution is 2.21. The summed E-state index contributed by atoms with van der Waals surface area (Å²) < 4.78 is 5.43. The molecule has 5 heteroatoms. The molecule has 1 aromatic rings. The van der Waals surface area contributed by atoms with Crippen molar-refractivity contribution in [1.29, 1.82) is 0 Å². The minimum atomic E-state index is -0.385. The monoisotopic (exact) mass is 259 g/mol. The predicted octanol–water partition coefficient (Wildman–Crippen LogP) is 1.25. The van der Waals surface area contributed by atoms with Gasteiger partial charge in [-0.2, -0.15) is 0 Å². The van der Waals surface area contributed by atoms with Crippen molar-refractivity contribution < 1.29 is 14.3 Å². The van der Waals surface area contributed by atoms with Crippen LogP contribution in [0.2, 0.25) is 0 Å². The molecule has 0 aromatic carbocycles. The maximum absolute atomic E-state index is 11.8. The van der Waals surface area contributed by atoms with Crippen LogP contribution in [0, 0.1) is 0 Å². The third-order valence-electron chi connectivity index (χ3n) is 2.30. The fraction of sp³-hybridized carbons (Fsp3) is 0.444. The van der Waals surface area contributed by atoms with Crippen LogP contribution in [0.15, 0.2) is 21.4 Å². The number of aliphatic hydroxyl groups excluding tert-OH is 1. The van der Waals surface area contributed by atoms with Gasteiger partial charge in [-0.15, -0.1) is 0 Å². The molecule has 0 spiro atoms. The summed E-state index contributed by atoms with van der Waals surface area (Å²) in [6, 6.07) is 1.62. The fourth-order valence-electron chi connectivity index (χ4n) is 1.54. The number of carbonyl (C=O) groups is 1. The SMILES string of the molecule is O=C(c1ccoc1Br)N1CC[C@H](O)C1. The number of rotatable bonds is 1. The number of carbonyl (C=O) groups excluding carboxylic acids is 1. The van der Waals surface area contributed by atoms with Gasteiger partial charge in [0, 0.05) is 13.1 Å². The van der Waals surface area contributed by atoms with Crippen molar-refractivity contribution in [3.05, 3.63) is 22.6 Å². The molecule has 1 fully saturated rings. The zero-order valence-electron chi connectivity index (χ0n) is 7.44. The normalized spacial score (nSPS) is 21.6. The molecule has 0 aliphatic carbocycles. The van der Waals surface area contributed by atoms with Crippen molar-refractivity contribution in [2.24, 2.45) is 0 Å². The van der Waals surface area contributed by atoms with Crippen molar-refractivity contribution in [2.45, 2.75) is 12.5 Å². The lowest BCUT2D eigenvalue weighted by molar-refractivity contribution is 0.0763. The number of likely N-dealkylation sites (tertiary alicyclic amines) is 1. The van der Waals surface area contributed by atoms with Crippen molar-refractivity contribution in [2.75, 3.05) is 13.1 Å². The lowest BCUT2D eigenvalue weighted by atomic mass is 10.3. The van der Waals surface area contributed by atoms with E-state index in [2.05, 4.69) is 15.9 Å². The molecular formula is C9H10BrNO3. The number of hydrogen-bond acceptors (Lipinski definition) is 3. The van der Waals surface area contributed by atoms with Gasteiger partial charge in [0.2, 0.25) is 0 Å². The summed E-state index contributed by atoms with van der Waals surface area (Å²) >= 11 is 3.15. The van der Waals surface area contributed by atoms with Gasteiger partial charge in [0.25, 0.3) is 5.91 Å². The van der Waals surface area contributed by atoms with Gasteiger partial charge in [-0.05, 0) is 28.4 Å². The van der Waals surface area contributed by atoms with Crippen LogP contribution in [0.4, 0.5) is 0 Å². The highest BCUT2D eigenvalue weighted by molar-refractivity contribution is 9.10. The zero-order chi connectivity index (χ0) is 10.1. The van der Waals surface area contributed by atoms with Gasteiger partial charge in [-0.1, -0.05) is 0 Å². The first kappa shape index (κ1) is 9.73. The second-order valence-corrected chi connectivity index (χ2v) is 4.02. The Morgan fingerprint density at radius 1 is 1.71 bits per heavy atom. The largest absolute Gasteiger partial charge is 0.457 e. The van der Waals surface area contributed by atoms with E-state index in [0.29, 0.717) is 29.7 Å². The molecule has 1 aliphatic heterocycles. The number of furan rings is 1. The fourth-order valence-corrected chi connectivity index (χ4v) is 1.95. The van der Waals surface area contributed by atoms with Crippen molar-refractivity contribution in [3.63, 3.8) is 0 Å². The number of amides is 1. The Bertz CT molecular complexity index is 350. The van der Waals surface area contributed by atoms with Gasteiger partial charge in [0.05, 0.1) is 17.9 Å². The van der Waals surface area contributed by atoms with Crippen molar-refractivity contribution >= 4 is 21.8 Å². The first-order valence-corrected chi connectivity index (χ1v) is 5.18. The Morgan fingerprint density at radius 3 is 3.00 bits per heavy atom. The number of hydrogen-bond donors (Lipinski definition) is 1. The second-order valence-electron chi connectivity index (χ2n) is 3.30. The minimum Gasteiger partial charge on any atom is -0.457 e. The molecule has 1 saturated heterocycles. The van der Waals surface area contributed by atoms with Crippen LogP contribution in [0.3, 0.4) is 0 Å². The number of halogens is 1. The molecule has 1 aliphatic rings. The van der Waals surface area contributed by atoms with E-state index >= 15 is 0 Å². The Kier molecular flexibility index (Phi) is 2.60. The maximum atomic E-state index is 11.8. The summed E-state index contributed by atoms with van der Waals surface area (Å²) in [4.78, 5) is 13.4. The molecule has 1 aromatic heterocycles. The lowest BCUT2D eigenvalue weighted by Gasteiger charge is -2.14. The quantitative estimate of drug-likeness (QED) is 0.826. The van der Waals surface area contributed by atoms with E-state index in [-0.39, 0.29) is 12.0 Å². The summed E-state index contributed by atoms with van der Waals surface area (Å²) in [6.45, 7) is 1.02. The van der Waals surface area contributed by atoms with Crippen molar-refractivity contribution in [1.82, 2.24) is 4.90 Å². The average molecular weight is 260 g/mol. The van der Waals surface area contributed by atoms with Crippen LogP contribution in [-0.2, 0) is 0 Å². The third-order valence-corrected chi connectivity index (χ3v) is 2.91. The van der Waals surface area contributed by atoms with Gasteiger partial charge in [-0.3, -0.25) is 4.79 Å². The van der Waals surface area contributed by atoms with Crippen LogP contribution in [0.25, 0.3) is 0 Å². The third kappa shape index (κ3) is 1.69.